The molecule has 0 bridgehead atoms. The second kappa shape index (κ2) is 5.30. The summed E-state index contributed by atoms with van der Waals surface area (Å²) in [7, 11) is 0. The van der Waals surface area contributed by atoms with Gasteiger partial charge in [0.15, 0.2) is 0 Å². The van der Waals surface area contributed by atoms with Crippen LogP contribution >= 0.6 is 0 Å². The molecule has 2 aromatic heterocycles. The van der Waals surface area contributed by atoms with E-state index in [4.69, 9.17) is 0 Å². The van der Waals surface area contributed by atoms with Gasteiger partial charge in [0, 0.05) is 24.5 Å². The van der Waals surface area contributed by atoms with Gasteiger partial charge in [0.05, 0.1) is 11.0 Å². The van der Waals surface area contributed by atoms with Crippen LogP contribution < -0.4 is 0 Å². The molecular weight excluding hydrogens is 278 g/mol. The number of rotatable bonds is 3. The fourth-order valence-electron chi connectivity index (χ4n) is 3.92. The molecule has 22 heavy (non-hydrogen) atoms. The highest BCUT2D eigenvalue weighted by Gasteiger charge is 2.39. The summed E-state index contributed by atoms with van der Waals surface area (Å²) < 4.78 is 0. The molecule has 0 unspecified atom stereocenters. The van der Waals surface area contributed by atoms with Gasteiger partial charge < -0.3 is 15.0 Å². The fourth-order valence-corrected chi connectivity index (χ4v) is 3.92. The van der Waals surface area contributed by atoms with Crippen molar-refractivity contribution in [2.75, 3.05) is 0 Å². The van der Waals surface area contributed by atoms with Crippen molar-refractivity contribution >= 4 is 17.1 Å². The summed E-state index contributed by atoms with van der Waals surface area (Å²) in [6.07, 6.45) is 9.29. The second-order valence-corrected chi connectivity index (χ2v) is 6.57. The van der Waals surface area contributed by atoms with Gasteiger partial charge in [-0.05, 0) is 62.1 Å². The molecule has 0 saturated heterocycles. The van der Waals surface area contributed by atoms with Gasteiger partial charge in [-0.1, -0.05) is 0 Å². The molecule has 0 radical (unpaired) electrons. The van der Waals surface area contributed by atoms with E-state index in [9.17, 15) is 9.90 Å². The van der Waals surface area contributed by atoms with E-state index < -0.39 is 6.09 Å². The van der Waals surface area contributed by atoms with Crippen LogP contribution in [0.3, 0.4) is 0 Å². The molecule has 0 aromatic carbocycles. The number of aromatic amines is 1. The summed E-state index contributed by atoms with van der Waals surface area (Å²) >= 11 is 0. The number of carboxylic acid groups (broad SMARTS) is 1. The van der Waals surface area contributed by atoms with Crippen molar-refractivity contribution in [3.63, 3.8) is 0 Å². The number of amides is 1. The third kappa shape index (κ3) is 2.34. The lowest BCUT2D eigenvalue weighted by Crippen LogP contribution is -2.42. The zero-order chi connectivity index (χ0) is 15.1. The van der Waals surface area contributed by atoms with Crippen molar-refractivity contribution in [2.45, 2.75) is 56.5 Å². The van der Waals surface area contributed by atoms with E-state index in [1.165, 1.54) is 5.56 Å². The van der Waals surface area contributed by atoms with Gasteiger partial charge in [0.2, 0.25) is 0 Å². The van der Waals surface area contributed by atoms with Crippen LogP contribution in [0.1, 0.15) is 50.0 Å². The number of hydrogen-bond acceptors (Lipinski definition) is 2. The van der Waals surface area contributed by atoms with E-state index in [-0.39, 0.29) is 12.1 Å². The highest BCUT2D eigenvalue weighted by atomic mass is 16.4. The molecule has 5 nitrogen and oxygen atoms in total. The van der Waals surface area contributed by atoms with E-state index >= 15 is 0 Å². The molecule has 2 heterocycles. The molecule has 116 valence electrons. The minimum atomic E-state index is -0.736. The number of pyridine rings is 1. The van der Waals surface area contributed by atoms with Crippen molar-refractivity contribution in [1.29, 1.82) is 0 Å². The molecule has 2 fully saturated rings. The van der Waals surface area contributed by atoms with Crippen LogP contribution in [-0.4, -0.2) is 38.2 Å². The monoisotopic (exact) mass is 299 g/mol. The summed E-state index contributed by atoms with van der Waals surface area (Å²) in [6.45, 7) is 0. The second-order valence-electron chi connectivity index (χ2n) is 6.57. The zero-order valence-corrected chi connectivity index (χ0v) is 12.5. The van der Waals surface area contributed by atoms with Crippen LogP contribution in [0.2, 0.25) is 0 Å². The Hall–Kier alpha value is -2.04. The van der Waals surface area contributed by atoms with Gasteiger partial charge >= 0.3 is 6.09 Å². The van der Waals surface area contributed by atoms with Crippen LogP contribution in [0.25, 0.3) is 11.0 Å². The van der Waals surface area contributed by atoms with Crippen LogP contribution in [0.5, 0.6) is 0 Å². The van der Waals surface area contributed by atoms with E-state index in [1.807, 2.05) is 12.3 Å². The molecule has 0 spiro atoms. The lowest BCUT2D eigenvalue weighted by Gasteiger charge is -2.35. The average molecular weight is 299 g/mol. The largest absolute Gasteiger partial charge is 0.465 e. The molecule has 0 aliphatic heterocycles. The average Bonchev–Trinajstić information content (AvgIpc) is 3.26. The molecule has 2 aliphatic rings. The van der Waals surface area contributed by atoms with Crippen LogP contribution in [0, 0.1) is 0 Å². The van der Waals surface area contributed by atoms with Gasteiger partial charge in [-0.3, -0.25) is 4.98 Å². The Morgan fingerprint density at radius 1 is 1.18 bits per heavy atom. The number of H-pyrrole nitrogens is 1. The van der Waals surface area contributed by atoms with Gasteiger partial charge in [-0.25, -0.2) is 4.79 Å². The van der Waals surface area contributed by atoms with Crippen molar-refractivity contribution in [3.8, 4) is 0 Å². The van der Waals surface area contributed by atoms with Crippen molar-refractivity contribution < 1.29 is 9.90 Å². The van der Waals surface area contributed by atoms with Crippen molar-refractivity contribution in [2.24, 2.45) is 0 Å². The van der Waals surface area contributed by atoms with E-state index in [0.717, 1.165) is 49.6 Å². The number of hydrogen-bond donors (Lipinski definition) is 2. The topological polar surface area (TPSA) is 69.2 Å². The van der Waals surface area contributed by atoms with E-state index in [0.29, 0.717) is 5.92 Å². The molecule has 1 amide bonds. The molecular formula is C17H21N3O2. The molecule has 4 rings (SSSR count). The van der Waals surface area contributed by atoms with Crippen LogP contribution in [0.4, 0.5) is 4.79 Å². The summed E-state index contributed by atoms with van der Waals surface area (Å²) in [5.41, 5.74) is 3.45. The van der Waals surface area contributed by atoms with Crippen LogP contribution in [-0.2, 0) is 0 Å². The number of nitrogens with zero attached hydrogens (tertiary/aromatic N) is 2. The first-order chi connectivity index (χ1) is 10.7. The smallest absolute Gasteiger partial charge is 0.407 e. The zero-order valence-electron chi connectivity index (χ0n) is 12.5. The van der Waals surface area contributed by atoms with Gasteiger partial charge in [-0.2, -0.15) is 0 Å². The molecule has 2 aromatic rings. The molecule has 2 N–H and O–H groups in total. The Labute approximate surface area is 129 Å². The normalized spacial score (nSPS) is 25.3. The lowest BCUT2D eigenvalue weighted by atomic mass is 9.81. The molecule has 5 heteroatoms. The Balaban J connectivity index is 1.48. The van der Waals surface area contributed by atoms with Crippen molar-refractivity contribution in [3.05, 3.63) is 30.1 Å². The Morgan fingerprint density at radius 3 is 2.50 bits per heavy atom. The summed E-state index contributed by atoms with van der Waals surface area (Å²) in [5, 5.41) is 9.44. The highest BCUT2D eigenvalue weighted by Crippen LogP contribution is 2.40. The Bertz CT molecular complexity index is 684. The maximum Gasteiger partial charge on any atom is 0.407 e. The van der Waals surface area contributed by atoms with Gasteiger partial charge in [-0.15, -0.1) is 0 Å². The minimum Gasteiger partial charge on any atom is -0.465 e. The minimum absolute atomic E-state index is 0.208. The fraction of sp³-hybridized carbons (Fsp3) is 0.529. The molecule has 2 saturated carbocycles. The van der Waals surface area contributed by atoms with Crippen LogP contribution in [0.15, 0.2) is 24.5 Å². The third-order valence-electron chi connectivity index (χ3n) is 5.16. The third-order valence-corrected chi connectivity index (χ3v) is 5.16. The maximum atomic E-state index is 11.5. The first kappa shape index (κ1) is 13.6. The quantitative estimate of drug-likeness (QED) is 0.907. The number of nitrogens with one attached hydrogen (secondary N) is 1. The summed E-state index contributed by atoms with van der Waals surface area (Å²) in [6, 6.07) is 4.49. The number of carbonyl (C=O) groups is 1. The summed E-state index contributed by atoms with van der Waals surface area (Å²) in [5.74, 6) is 0.495. The molecule has 2 aliphatic carbocycles. The molecule has 0 atom stereocenters. The van der Waals surface area contributed by atoms with Gasteiger partial charge in [0.25, 0.3) is 0 Å². The summed E-state index contributed by atoms with van der Waals surface area (Å²) in [4.78, 5) is 21.0. The predicted octanol–water partition coefficient (Wildman–Crippen LogP) is 3.73. The van der Waals surface area contributed by atoms with Crippen molar-refractivity contribution in [1.82, 2.24) is 14.9 Å². The Morgan fingerprint density at radius 2 is 1.86 bits per heavy atom. The predicted molar refractivity (Wildman–Crippen MR) is 84.0 cm³/mol. The first-order valence-corrected chi connectivity index (χ1v) is 8.17. The first-order valence-electron chi connectivity index (χ1n) is 8.17. The lowest BCUT2D eigenvalue weighted by molar-refractivity contribution is 0.104. The number of aromatic nitrogens is 2. The highest BCUT2D eigenvalue weighted by molar-refractivity contribution is 5.79. The Kier molecular flexibility index (Phi) is 3.28. The maximum absolute atomic E-state index is 11.5. The SMILES string of the molecule is O=C(O)N(C1CCC(c2c[nH]c3cccnc23)CC1)C1CC1. The van der Waals surface area contributed by atoms with E-state index in [2.05, 4.69) is 22.2 Å². The van der Waals surface area contributed by atoms with Gasteiger partial charge in [0.1, 0.15) is 0 Å². The number of fused-ring (bicyclic) bond motifs is 1. The standard InChI is InChI=1S/C17H21N3O2/c21-17(22)20(13-7-8-13)12-5-3-11(4-6-12)14-10-19-15-2-1-9-18-16(14)15/h1-2,9-13,19H,3-8H2,(H,21,22). The van der Waals surface area contributed by atoms with E-state index in [1.54, 1.807) is 4.90 Å².